The fraction of sp³-hybridized carbons (Fsp3) is 0.0833. The highest BCUT2D eigenvalue weighted by atomic mass is 35.5. The molecule has 1 aromatic carbocycles. The first-order valence-corrected chi connectivity index (χ1v) is 6.00. The van der Waals surface area contributed by atoms with Gasteiger partial charge in [-0.25, -0.2) is 9.38 Å². The van der Waals surface area contributed by atoms with E-state index in [1.54, 1.807) is 29.1 Å². The predicted molar refractivity (Wildman–Crippen MR) is 74.5 cm³/mol. The van der Waals surface area contributed by atoms with E-state index >= 15 is 0 Å². The first kappa shape index (κ1) is 12.9. The second-order valence-corrected chi connectivity index (χ2v) is 4.17. The highest BCUT2D eigenvalue weighted by molar-refractivity contribution is 7.80. The molecule has 0 saturated heterocycles. The third-order valence-electron chi connectivity index (χ3n) is 2.28. The Hall–Kier alpha value is -1.59. The molecule has 0 aliphatic heterocycles. The number of aromatic nitrogens is 2. The van der Waals surface area contributed by atoms with Crippen LogP contribution in [-0.4, -0.2) is 21.4 Å². The second kappa shape index (κ2) is 5.84. The summed E-state index contributed by atoms with van der Waals surface area (Å²) in [5.41, 5.74) is 0.410. The predicted octanol–water partition coefficient (Wildman–Crippen LogP) is 3.43. The molecule has 0 N–H and O–H groups in total. The molecule has 2 aromatic rings. The Balaban J connectivity index is 2.21. The van der Waals surface area contributed by atoms with Gasteiger partial charge in [-0.2, -0.15) is 5.10 Å². The lowest BCUT2D eigenvalue weighted by atomic mass is 10.2. The lowest BCUT2D eigenvalue weighted by Gasteiger charge is -2.05. The maximum atomic E-state index is 13.6. The smallest absolute Gasteiger partial charge is 0.173 e. The number of rotatable bonds is 4. The van der Waals surface area contributed by atoms with Crippen molar-refractivity contribution in [2.45, 2.75) is 6.54 Å². The van der Waals surface area contributed by atoms with Gasteiger partial charge in [-0.05, 0) is 12.1 Å². The van der Waals surface area contributed by atoms with Crippen LogP contribution in [0.5, 0.6) is 0 Å². The molecular weight excluding hydrogens is 273 g/mol. The first-order chi connectivity index (χ1) is 8.70. The molecule has 92 valence electrons. The average Bonchev–Trinajstić information content (AvgIpc) is 2.79. The van der Waals surface area contributed by atoms with Gasteiger partial charge in [-0.1, -0.05) is 29.9 Å². The zero-order chi connectivity index (χ0) is 13.0. The Kier molecular flexibility index (Phi) is 4.17. The van der Waals surface area contributed by atoms with E-state index in [9.17, 15) is 4.39 Å². The van der Waals surface area contributed by atoms with Crippen molar-refractivity contribution in [1.29, 1.82) is 0 Å². The average molecular weight is 282 g/mol. The quantitative estimate of drug-likeness (QED) is 0.635. The van der Waals surface area contributed by atoms with Gasteiger partial charge in [-0.3, -0.25) is 4.68 Å². The Bertz CT molecular complexity index is 575. The highest BCUT2D eigenvalue weighted by Gasteiger charge is 2.08. The first-order valence-electron chi connectivity index (χ1n) is 5.15. The van der Waals surface area contributed by atoms with Crippen molar-refractivity contribution in [1.82, 2.24) is 9.78 Å². The number of hydrogen-bond donors (Lipinski definition) is 0. The standard InChI is InChI=1S/C12H9ClFN3S/c13-10-2-1-3-11(14)9(10)8-17-6-4-12(16-17)15-5-7-18/h1-7H,8H2. The molecular formula is C12H9ClFN3S. The molecule has 0 amide bonds. The monoisotopic (exact) mass is 281 g/mol. The molecule has 0 fully saturated rings. The van der Waals surface area contributed by atoms with Crippen molar-refractivity contribution in [2.75, 3.05) is 0 Å². The van der Waals surface area contributed by atoms with E-state index in [2.05, 4.69) is 22.3 Å². The van der Waals surface area contributed by atoms with Crippen molar-refractivity contribution in [3.8, 4) is 0 Å². The summed E-state index contributed by atoms with van der Waals surface area (Å²) in [6.45, 7) is 0.263. The highest BCUT2D eigenvalue weighted by Crippen LogP contribution is 2.20. The van der Waals surface area contributed by atoms with E-state index in [1.807, 2.05) is 0 Å². The summed E-state index contributed by atoms with van der Waals surface area (Å²) in [4.78, 5) is 3.99. The van der Waals surface area contributed by atoms with Crippen LogP contribution >= 0.6 is 23.8 Å². The number of benzene rings is 1. The number of nitrogens with zero attached hydrogens (tertiary/aromatic N) is 3. The molecule has 2 rings (SSSR count). The van der Waals surface area contributed by atoms with Crippen LogP contribution in [0.1, 0.15) is 5.56 Å². The SMILES string of the molecule is Fc1cccc(Cl)c1Cn1ccc(N=CC=S)n1. The van der Waals surface area contributed by atoms with Crippen LogP contribution in [0.3, 0.4) is 0 Å². The maximum Gasteiger partial charge on any atom is 0.173 e. The summed E-state index contributed by atoms with van der Waals surface area (Å²) in [6.07, 6.45) is 3.18. The van der Waals surface area contributed by atoms with Gasteiger partial charge in [-0.15, -0.1) is 0 Å². The molecule has 1 heterocycles. The molecule has 0 aliphatic rings. The van der Waals surface area contributed by atoms with E-state index in [4.69, 9.17) is 11.6 Å². The molecule has 0 unspecified atom stereocenters. The number of aliphatic imine (C=N–C) groups is 1. The van der Waals surface area contributed by atoms with Crippen LogP contribution in [0.25, 0.3) is 0 Å². The topological polar surface area (TPSA) is 30.2 Å². The van der Waals surface area contributed by atoms with Crippen molar-refractivity contribution >= 4 is 41.2 Å². The Morgan fingerprint density at radius 2 is 2.28 bits per heavy atom. The molecule has 18 heavy (non-hydrogen) atoms. The third-order valence-corrected chi connectivity index (χ3v) is 2.75. The second-order valence-electron chi connectivity index (χ2n) is 3.49. The van der Waals surface area contributed by atoms with Crippen molar-refractivity contribution in [3.63, 3.8) is 0 Å². The van der Waals surface area contributed by atoms with Gasteiger partial charge in [0.1, 0.15) is 5.82 Å². The zero-order valence-electron chi connectivity index (χ0n) is 9.25. The molecule has 0 atom stereocenters. The van der Waals surface area contributed by atoms with E-state index < -0.39 is 0 Å². The van der Waals surface area contributed by atoms with E-state index in [0.717, 1.165) is 0 Å². The van der Waals surface area contributed by atoms with Crippen molar-refractivity contribution < 1.29 is 4.39 Å². The molecule has 0 bridgehead atoms. The molecule has 0 radical (unpaired) electrons. The van der Waals surface area contributed by atoms with Gasteiger partial charge >= 0.3 is 0 Å². The van der Waals surface area contributed by atoms with Crippen LogP contribution in [-0.2, 0) is 6.54 Å². The lowest BCUT2D eigenvalue weighted by molar-refractivity contribution is 0.585. The minimum atomic E-state index is -0.345. The number of hydrogen-bond acceptors (Lipinski definition) is 3. The fourth-order valence-electron chi connectivity index (χ4n) is 1.46. The van der Waals surface area contributed by atoms with E-state index in [0.29, 0.717) is 16.4 Å². The molecule has 1 aromatic heterocycles. The van der Waals surface area contributed by atoms with Gasteiger partial charge in [0.2, 0.25) is 0 Å². The maximum absolute atomic E-state index is 13.6. The molecule has 0 saturated carbocycles. The van der Waals surface area contributed by atoms with Crippen LogP contribution in [0.15, 0.2) is 35.5 Å². The Morgan fingerprint density at radius 3 is 3.00 bits per heavy atom. The third kappa shape index (κ3) is 3.00. The fourth-order valence-corrected chi connectivity index (χ4v) is 1.74. The van der Waals surface area contributed by atoms with Crippen LogP contribution in [0.2, 0.25) is 5.02 Å². The van der Waals surface area contributed by atoms with Gasteiger partial charge in [0.15, 0.2) is 5.82 Å². The van der Waals surface area contributed by atoms with Gasteiger partial charge in [0, 0.05) is 34.4 Å². The molecule has 0 spiro atoms. The van der Waals surface area contributed by atoms with Crippen molar-refractivity contribution in [3.05, 3.63) is 46.9 Å². The summed E-state index contributed by atoms with van der Waals surface area (Å²) in [5, 5.41) is 5.93. The Labute approximate surface area is 114 Å². The van der Waals surface area contributed by atoms with E-state index in [1.165, 1.54) is 17.6 Å². The van der Waals surface area contributed by atoms with Crippen molar-refractivity contribution in [2.24, 2.45) is 4.99 Å². The van der Waals surface area contributed by atoms with Gasteiger partial charge in [0.25, 0.3) is 0 Å². The summed E-state index contributed by atoms with van der Waals surface area (Å²) in [7, 11) is 0. The molecule has 3 nitrogen and oxygen atoms in total. The normalized spacial score (nSPS) is 11.0. The minimum absolute atomic E-state index is 0.263. The largest absolute Gasteiger partial charge is 0.266 e. The minimum Gasteiger partial charge on any atom is -0.266 e. The molecule has 0 aliphatic carbocycles. The molecule has 6 heteroatoms. The summed E-state index contributed by atoms with van der Waals surface area (Å²) >= 11 is 10.6. The summed E-state index contributed by atoms with van der Waals surface area (Å²) < 4.78 is 15.1. The zero-order valence-corrected chi connectivity index (χ0v) is 10.8. The van der Waals surface area contributed by atoms with Gasteiger partial charge < -0.3 is 0 Å². The van der Waals surface area contributed by atoms with Crippen LogP contribution in [0.4, 0.5) is 10.2 Å². The van der Waals surface area contributed by atoms with Crippen LogP contribution < -0.4 is 0 Å². The van der Waals surface area contributed by atoms with E-state index in [-0.39, 0.29) is 12.4 Å². The number of halogens is 2. The van der Waals surface area contributed by atoms with Gasteiger partial charge in [0.05, 0.1) is 6.54 Å². The van der Waals surface area contributed by atoms with Crippen LogP contribution in [0, 0.1) is 5.82 Å². The Morgan fingerprint density at radius 1 is 1.44 bits per heavy atom. The lowest BCUT2D eigenvalue weighted by Crippen LogP contribution is -2.03. The summed E-state index contributed by atoms with van der Waals surface area (Å²) in [6, 6.07) is 6.30. The number of thiocarbonyl (C=S) groups is 1. The summed E-state index contributed by atoms with van der Waals surface area (Å²) in [5.74, 6) is 0.172.